The highest BCUT2D eigenvalue weighted by atomic mass is 79.9. The van der Waals surface area contributed by atoms with Crippen LogP contribution in [0.1, 0.15) is 28.7 Å². The van der Waals surface area contributed by atoms with Gasteiger partial charge in [0.15, 0.2) is 0 Å². The Morgan fingerprint density at radius 3 is 2.52 bits per heavy atom. The van der Waals surface area contributed by atoms with Gasteiger partial charge in [0, 0.05) is 29.6 Å². The molecule has 5 nitrogen and oxygen atoms in total. The number of fused-ring (bicyclic) bond motifs is 2. The van der Waals surface area contributed by atoms with Crippen LogP contribution in [-0.2, 0) is 22.4 Å². The van der Waals surface area contributed by atoms with E-state index in [1.165, 1.54) is 30.4 Å². The van der Waals surface area contributed by atoms with Crippen molar-refractivity contribution in [3.63, 3.8) is 0 Å². The molecule has 174 valence electrons. The van der Waals surface area contributed by atoms with Crippen LogP contribution < -0.4 is 11.1 Å². The summed E-state index contributed by atoms with van der Waals surface area (Å²) >= 11 is 3.44. The largest absolute Gasteiger partial charge is 0.395 e. The molecule has 2 aromatic rings. The summed E-state index contributed by atoms with van der Waals surface area (Å²) in [6.07, 6.45) is 4.43. The maximum Gasteiger partial charge on any atom is 0.244 e. The quantitative estimate of drug-likeness (QED) is 0.424. The van der Waals surface area contributed by atoms with Crippen molar-refractivity contribution in [3.05, 3.63) is 82.2 Å². The molecule has 0 aromatic heterocycles. The summed E-state index contributed by atoms with van der Waals surface area (Å²) in [5.74, 6) is -2.38. The number of nitrogens with two attached hydrogens (primary N) is 1. The fourth-order valence-electron chi connectivity index (χ4n) is 3.87. The van der Waals surface area contributed by atoms with Crippen molar-refractivity contribution < 1.29 is 27.9 Å². The molecule has 0 aliphatic heterocycles. The maximum atomic E-state index is 13.5. The van der Waals surface area contributed by atoms with Gasteiger partial charge >= 0.3 is 0 Å². The molecule has 33 heavy (non-hydrogen) atoms. The lowest BCUT2D eigenvalue weighted by Gasteiger charge is -2.03. The van der Waals surface area contributed by atoms with Crippen molar-refractivity contribution >= 4 is 38.9 Å². The molecule has 1 atom stereocenters. The predicted molar refractivity (Wildman–Crippen MR) is 123 cm³/mol. The lowest BCUT2D eigenvalue weighted by atomic mass is 10.1. The van der Waals surface area contributed by atoms with E-state index in [4.69, 9.17) is 10.8 Å². The summed E-state index contributed by atoms with van der Waals surface area (Å²) in [4.78, 5) is 22.3. The first-order valence-corrected chi connectivity index (χ1v) is 11.1. The highest BCUT2D eigenvalue weighted by Crippen LogP contribution is 2.37. The van der Waals surface area contributed by atoms with Crippen LogP contribution in [0.2, 0.25) is 0 Å². The molecule has 2 aliphatic carbocycles. The highest BCUT2D eigenvalue weighted by Gasteiger charge is 2.25. The Hall–Kier alpha value is -2.91. The van der Waals surface area contributed by atoms with Crippen LogP contribution in [0.4, 0.5) is 13.2 Å². The van der Waals surface area contributed by atoms with Crippen molar-refractivity contribution in [2.75, 3.05) is 13.2 Å². The third-order valence-corrected chi connectivity index (χ3v) is 6.10. The fourth-order valence-corrected chi connectivity index (χ4v) is 4.59. The second kappa shape index (κ2) is 10.8. The molecule has 2 amide bonds. The Balaban J connectivity index is 0.000000189. The van der Waals surface area contributed by atoms with Gasteiger partial charge in [-0.1, -0.05) is 22.0 Å². The van der Waals surface area contributed by atoms with Crippen molar-refractivity contribution in [2.24, 2.45) is 5.73 Å². The molecule has 0 fully saturated rings. The van der Waals surface area contributed by atoms with E-state index in [9.17, 15) is 22.8 Å². The first kappa shape index (κ1) is 24.7. The van der Waals surface area contributed by atoms with Crippen LogP contribution in [0.15, 0.2) is 42.5 Å². The van der Waals surface area contributed by atoms with E-state index in [-0.39, 0.29) is 29.7 Å². The molecule has 9 heteroatoms. The second-order valence-corrected chi connectivity index (χ2v) is 8.68. The Labute approximate surface area is 197 Å². The predicted octanol–water partition coefficient (Wildman–Crippen LogP) is 3.42. The number of alkyl halides is 1. The number of halogens is 4. The van der Waals surface area contributed by atoms with Crippen LogP contribution in [0.5, 0.6) is 0 Å². The zero-order valence-corrected chi connectivity index (χ0v) is 19.1. The lowest BCUT2D eigenvalue weighted by molar-refractivity contribution is -0.116. The summed E-state index contributed by atoms with van der Waals surface area (Å²) in [6, 6.07) is 6.70. The van der Waals surface area contributed by atoms with Crippen LogP contribution in [0.3, 0.4) is 0 Å². The minimum Gasteiger partial charge on any atom is -0.395 e. The van der Waals surface area contributed by atoms with E-state index >= 15 is 0 Å². The molecule has 2 aromatic carbocycles. The topological polar surface area (TPSA) is 92.4 Å². The molecule has 0 heterocycles. The summed E-state index contributed by atoms with van der Waals surface area (Å²) in [5.41, 5.74) is 9.21. The van der Waals surface area contributed by atoms with Crippen molar-refractivity contribution in [1.82, 2.24) is 5.32 Å². The second-order valence-electron chi connectivity index (χ2n) is 7.57. The summed E-state index contributed by atoms with van der Waals surface area (Å²) in [7, 11) is 0. The maximum absolute atomic E-state index is 13.5. The smallest absolute Gasteiger partial charge is 0.244 e. The Morgan fingerprint density at radius 1 is 1.09 bits per heavy atom. The third-order valence-electron chi connectivity index (χ3n) is 5.28. The Kier molecular flexibility index (Phi) is 8.10. The molecule has 0 saturated heterocycles. The van der Waals surface area contributed by atoms with Gasteiger partial charge in [-0.3, -0.25) is 9.59 Å². The Morgan fingerprint density at radius 2 is 1.82 bits per heavy atom. The van der Waals surface area contributed by atoms with Crippen LogP contribution in [0.25, 0.3) is 11.1 Å². The molecule has 1 unspecified atom stereocenters. The number of allylic oxidation sites excluding steroid dienone is 2. The number of rotatable bonds is 4. The van der Waals surface area contributed by atoms with Crippen LogP contribution in [0, 0.1) is 17.5 Å². The van der Waals surface area contributed by atoms with Crippen LogP contribution >= 0.6 is 15.9 Å². The number of aliphatic hydroxyl groups is 1. The molecule has 4 N–H and O–H groups in total. The molecular formula is C24H22BrF3N2O3. The minimum absolute atomic E-state index is 0.0433. The number of carbonyl (C=O) groups is 2. The number of carbonyl (C=O) groups excluding carboxylic acids is 2. The van der Waals surface area contributed by atoms with E-state index in [2.05, 4.69) is 21.2 Å². The van der Waals surface area contributed by atoms with E-state index in [0.717, 1.165) is 29.2 Å². The zero-order chi connectivity index (χ0) is 24.1. The van der Waals surface area contributed by atoms with E-state index in [1.54, 1.807) is 6.07 Å². The molecule has 0 spiro atoms. The number of aliphatic hydroxyl groups excluding tert-OH is 1. The van der Waals surface area contributed by atoms with Crippen LogP contribution in [-0.4, -0.2) is 34.9 Å². The highest BCUT2D eigenvalue weighted by molar-refractivity contribution is 9.09. The molecule has 2 aliphatic rings. The van der Waals surface area contributed by atoms with Gasteiger partial charge in [0.25, 0.3) is 0 Å². The Bertz CT molecular complexity index is 1150. The van der Waals surface area contributed by atoms with Gasteiger partial charge in [0.1, 0.15) is 17.5 Å². The van der Waals surface area contributed by atoms with Gasteiger partial charge in [0.2, 0.25) is 11.8 Å². The summed E-state index contributed by atoms with van der Waals surface area (Å²) in [6.45, 7) is 0.0156. The minimum atomic E-state index is -0.644. The summed E-state index contributed by atoms with van der Waals surface area (Å²) in [5, 5.41) is 11.0. The molecular weight excluding hydrogens is 501 g/mol. The van der Waals surface area contributed by atoms with E-state index in [1.807, 2.05) is 0 Å². The monoisotopic (exact) mass is 522 g/mol. The molecule has 0 radical (unpaired) electrons. The SMILES string of the molecule is NC(=O)/C=C1/c2cc(F)ccc2CC1Br.O=C(/C=C1\CCc2c(F)cc(F)cc21)NCCO. The first-order chi connectivity index (χ1) is 15.7. The number of benzene rings is 2. The molecule has 0 bridgehead atoms. The normalized spacial score (nSPS) is 18.5. The molecule has 0 saturated carbocycles. The number of primary amides is 1. The number of hydrogen-bond acceptors (Lipinski definition) is 3. The number of nitrogens with one attached hydrogen (secondary N) is 1. The van der Waals surface area contributed by atoms with E-state index in [0.29, 0.717) is 29.5 Å². The van der Waals surface area contributed by atoms with Gasteiger partial charge < -0.3 is 16.2 Å². The average molecular weight is 523 g/mol. The molecule has 4 rings (SSSR count). The lowest BCUT2D eigenvalue weighted by Crippen LogP contribution is -2.24. The summed E-state index contributed by atoms with van der Waals surface area (Å²) < 4.78 is 39.6. The van der Waals surface area contributed by atoms with Gasteiger partial charge in [-0.15, -0.1) is 0 Å². The van der Waals surface area contributed by atoms with Crippen molar-refractivity contribution in [2.45, 2.75) is 24.1 Å². The number of hydrogen-bond donors (Lipinski definition) is 3. The third kappa shape index (κ3) is 6.11. The average Bonchev–Trinajstić information content (AvgIpc) is 3.28. The van der Waals surface area contributed by atoms with Crippen molar-refractivity contribution in [1.29, 1.82) is 0 Å². The fraction of sp³-hybridized carbons (Fsp3) is 0.250. The zero-order valence-electron chi connectivity index (χ0n) is 17.5. The van der Waals surface area contributed by atoms with Gasteiger partial charge in [0.05, 0.1) is 6.61 Å². The van der Waals surface area contributed by atoms with E-state index < -0.39 is 17.5 Å². The first-order valence-electron chi connectivity index (χ1n) is 10.2. The van der Waals surface area contributed by atoms with Crippen molar-refractivity contribution in [3.8, 4) is 0 Å². The number of amides is 2. The van der Waals surface area contributed by atoms with Gasteiger partial charge in [-0.05, 0) is 70.9 Å². The standard InChI is InChI=1S/C13H13F2NO2.C11H9BrFNO/c14-9-6-11-8(5-13(18)16-3-4-17)1-2-10(11)12(15)7-9;12-10-3-6-1-2-7(13)4-8(6)9(10)5-11(14)15/h5-7,17H,1-4H2,(H,16,18);1-2,4-5,10H,3H2,(H2,14,15)/b8-5+;9-5-. The van der Waals surface area contributed by atoms with Gasteiger partial charge in [-0.25, -0.2) is 13.2 Å². The van der Waals surface area contributed by atoms with Gasteiger partial charge in [-0.2, -0.15) is 0 Å².